The summed E-state index contributed by atoms with van der Waals surface area (Å²) < 4.78 is 5.57. The van der Waals surface area contributed by atoms with Gasteiger partial charge in [-0.2, -0.15) is 9.90 Å². The Balaban J connectivity index is 2.02. The predicted octanol–water partition coefficient (Wildman–Crippen LogP) is -0.425. The number of hydrogen-bond donors (Lipinski definition) is 2. The van der Waals surface area contributed by atoms with E-state index in [0.717, 1.165) is 4.80 Å². The highest BCUT2D eigenvalue weighted by atomic mass is 16.5. The van der Waals surface area contributed by atoms with Crippen molar-refractivity contribution < 1.29 is 14.3 Å². The fraction of sp³-hybridized carbons (Fsp3) is 0.222. The molecule has 0 unspecified atom stereocenters. The average molecular weight is 265 g/mol. The molecule has 0 saturated heterocycles. The summed E-state index contributed by atoms with van der Waals surface area (Å²) >= 11 is 0. The molecule has 2 heterocycles. The second kappa shape index (κ2) is 5.16. The van der Waals surface area contributed by atoms with Gasteiger partial charge in [-0.15, -0.1) is 5.10 Å². The van der Waals surface area contributed by atoms with Crippen LogP contribution in [-0.4, -0.2) is 43.7 Å². The summed E-state index contributed by atoms with van der Waals surface area (Å²) in [7, 11) is 1.23. The molecule has 1 amide bonds. The molecule has 100 valence electrons. The minimum absolute atomic E-state index is 0.0880. The topological polar surface area (TPSA) is 130 Å². The van der Waals surface area contributed by atoms with E-state index in [1.807, 2.05) is 0 Å². The number of amides is 1. The summed E-state index contributed by atoms with van der Waals surface area (Å²) in [4.78, 5) is 27.6. The van der Waals surface area contributed by atoms with Gasteiger partial charge in [0.05, 0.1) is 13.3 Å². The lowest BCUT2D eigenvalue weighted by molar-refractivity contribution is 0.0883. The zero-order valence-corrected chi connectivity index (χ0v) is 9.98. The maximum atomic E-state index is 11.8. The Kier molecular flexibility index (Phi) is 3.41. The highest BCUT2D eigenvalue weighted by Crippen LogP contribution is 2.02. The number of carbonyl (C=O) groups excluding carboxylic acids is 2. The van der Waals surface area contributed by atoms with Gasteiger partial charge in [-0.3, -0.25) is 14.7 Å². The first-order valence-electron chi connectivity index (χ1n) is 5.17. The summed E-state index contributed by atoms with van der Waals surface area (Å²) in [6, 6.07) is 0. The van der Waals surface area contributed by atoms with Crippen LogP contribution in [0.4, 0.5) is 16.6 Å². The van der Waals surface area contributed by atoms with E-state index in [0.29, 0.717) is 0 Å². The van der Waals surface area contributed by atoms with Crippen molar-refractivity contribution in [1.82, 2.24) is 24.5 Å². The quantitative estimate of drug-likeness (QED) is 0.770. The Morgan fingerprint density at radius 3 is 2.95 bits per heavy atom. The Bertz CT molecular complexity index is 602. The number of imidazole rings is 1. The highest BCUT2D eigenvalue weighted by molar-refractivity contribution is 5.83. The first-order valence-corrected chi connectivity index (χ1v) is 5.17. The molecule has 2 aromatic rings. The van der Waals surface area contributed by atoms with Crippen LogP contribution >= 0.6 is 0 Å². The number of nitrogens with zero attached hydrogens (tertiary/aromatic N) is 5. The number of nitrogen functional groups attached to an aromatic ring is 1. The van der Waals surface area contributed by atoms with E-state index < -0.39 is 6.09 Å². The molecular weight excluding hydrogens is 254 g/mol. The van der Waals surface area contributed by atoms with Crippen molar-refractivity contribution in [3.05, 3.63) is 18.6 Å². The Labute approximate surface area is 107 Å². The number of carbonyl (C=O) groups is 2. The van der Waals surface area contributed by atoms with Gasteiger partial charge in [0.2, 0.25) is 5.95 Å². The molecule has 0 spiro atoms. The molecule has 10 nitrogen and oxygen atoms in total. The van der Waals surface area contributed by atoms with E-state index in [-0.39, 0.29) is 24.2 Å². The van der Waals surface area contributed by atoms with Gasteiger partial charge in [-0.1, -0.05) is 0 Å². The number of nitrogens with two attached hydrogens (primary N) is 1. The van der Waals surface area contributed by atoms with E-state index in [1.165, 1.54) is 30.3 Å². The summed E-state index contributed by atoms with van der Waals surface area (Å²) in [6.07, 6.45) is 3.47. The molecule has 0 fully saturated rings. The zero-order valence-electron chi connectivity index (χ0n) is 9.98. The summed E-state index contributed by atoms with van der Waals surface area (Å²) in [5.41, 5.74) is 5.49. The molecular formula is C9H11N7O3. The van der Waals surface area contributed by atoms with Crippen molar-refractivity contribution in [3.63, 3.8) is 0 Å². The molecule has 0 aliphatic carbocycles. The van der Waals surface area contributed by atoms with Crippen LogP contribution in [0.25, 0.3) is 0 Å². The molecule has 19 heavy (non-hydrogen) atoms. The van der Waals surface area contributed by atoms with E-state index in [4.69, 9.17) is 5.73 Å². The Morgan fingerprint density at radius 2 is 2.32 bits per heavy atom. The molecule has 10 heteroatoms. The molecule has 2 aromatic heterocycles. The number of anilines is 2. The number of aromatic nitrogens is 5. The second-order valence-corrected chi connectivity index (χ2v) is 3.43. The lowest BCUT2D eigenvalue weighted by Crippen LogP contribution is -2.20. The van der Waals surface area contributed by atoms with Gasteiger partial charge in [0, 0.05) is 12.4 Å². The Morgan fingerprint density at radius 1 is 1.53 bits per heavy atom. The van der Waals surface area contributed by atoms with Gasteiger partial charge in [0.15, 0.2) is 5.82 Å². The van der Waals surface area contributed by atoms with Crippen molar-refractivity contribution in [2.45, 2.75) is 6.54 Å². The smallest absolute Gasteiger partial charge is 0.412 e. The molecule has 0 aliphatic rings. The number of methoxy groups -OCH3 is 1. The highest BCUT2D eigenvalue weighted by Gasteiger charge is 2.11. The fourth-order valence-electron chi connectivity index (χ4n) is 1.31. The fourth-order valence-corrected chi connectivity index (χ4v) is 1.31. The first kappa shape index (κ1) is 12.5. The minimum Gasteiger partial charge on any atom is -0.453 e. The largest absolute Gasteiger partial charge is 0.453 e. The number of ether oxygens (including phenoxy) is 1. The van der Waals surface area contributed by atoms with Gasteiger partial charge < -0.3 is 10.5 Å². The van der Waals surface area contributed by atoms with Crippen LogP contribution in [0.3, 0.4) is 0 Å². The molecule has 0 bridgehead atoms. The molecule has 0 atom stereocenters. The third-order valence-corrected chi connectivity index (χ3v) is 2.17. The van der Waals surface area contributed by atoms with Crippen LogP contribution in [-0.2, 0) is 11.3 Å². The van der Waals surface area contributed by atoms with Crippen molar-refractivity contribution in [2.24, 2.45) is 0 Å². The van der Waals surface area contributed by atoms with Crippen molar-refractivity contribution in [3.8, 4) is 0 Å². The number of nitrogens with one attached hydrogen (secondary N) is 1. The third-order valence-electron chi connectivity index (χ3n) is 2.17. The Hall–Kier alpha value is -2.91. The van der Waals surface area contributed by atoms with Gasteiger partial charge in [0.25, 0.3) is 5.91 Å². The lowest BCUT2D eigenvalue weighted by atomic mass is 10.6. The van der Waals surface area contributed by atoms with E-state index >= 15 is 0 Å². The molecule has 0 radical (unpaired) electrons. The van der Waals surface area contributed by atoms with Gasteiger partial charge in [-0.25, -0.2) is 9.78 Å². The zero-order chi connectivity index (χ0) is 13.8. The van der Waals surface area contributed by atoms with Crippen LogP contribution in [0.5, 0.6) is 0 Å². The maximum absolute atomic E-state index is 11.8. The van der Waals surface area contributed by atoms with Gasteiger partial charge in [0.1, 0.15) is 6.54 Å². The third kappa shape index (κ3) is 2.86. The molecule has 0 aromatic carbocycles. The summed E-state index contributed by atoms with van der Waals surface area (Å²) in [5.74, 6) is -0.0847. The van der Waals surface area contributed by atoms with E-state index in [1.54, 1.807) is 0 Å². The number of rotatable bonds is 3. The van der Waals surface area contributed by atoms with Crippen molar-refractivity contribution in [2.75, 3.05) is 18.2 Å². The van der Waals surface area contributed by atoms with Crippen LogP contribution < -0.4 is 11.1 Å². The van der Waals surface area contributed by atoms with Crippen molar-refractivity contribution in [1.29, 1.82) is 0 Å². The summed E-state index contributed by atoms with van der Waals surface area (Å²) in [6.45, 7) is -0.136. The summed E-state index contributed by atoms with van der Waals surface area (Å²) in [5, 5.41) is 10.0. The SMILES string of the molecule is COC(=O)Nc1cnn(CC(=O)n2ccnc2N)n1. The van der Waals surface area contributed by atoms with Crippen LogP contribution in [0.2, 0.25) is 0 Å². The molecule has 0 saturated carbocycles. The normalized spacial score (nSPS) is 10.2. The predicted molar refractivity (Wildman–Crippen MR) is 63.3 cm³/mol. The number of hydrogen-bond acceptors (Lipinski definition) is 7. The molecule has 2 rings (SSSR count). The van der Waals surface area contributed by atoms with Gasteiger partial charge in [-0.05, 0) is 0 Å². The van der Waals surface area contributed by atoms with Crippen molar-refractivity contribution >= 4 is 23.8 Å². The van der Waals surface area contributed by atoms with Crippen LogP contribution in [0, 0.1) is 0 Å². The van der Waals surface area contributed by atoms with Crippen LogP contribution in [0.1, 0.15) is 4.79 Å². The molecule has 0 aliphatic heterocycles. The lowest BCUT2D eigenvalue weighted by Gasteiger charge is -2.02. The maximum Gasteiger partial charge on any atom is 0.412 e. The second-order valence-electron chi connectivity index (χ2n) is 3.43. The average Bonchev–Trinajstić information content (AvgIpc) is 2.98. The van der Waals surface area contributed by atoms with Gasteiger partial charge >= 0.3 is 6.09 Å². The monoisotopic (exact) mass is 265 g/mol. The van der Waals surface area contributed by atoms with E-state index in [2.05, 4.69) is 25.2 Å². The first-order chi connectivity index (χ1) is 9.10. The minimum atomic E-state index is -0.669. The molecule has 3 N–H and O–H groups in total. The van der Waals surface area contributed by atoms with Crippen LogP contribution in [0.15, 0.2) is 18.6 Å². The standard InChI is InChI=1S/C9H11N7O3/c1-19-9(18)13-6-4-12-16(14-6)5-7(17)15-3-2-11-8(15)10/h2-4H,5H2,1H3,(H2,10,11)(H,13,14,18). The van der Waals surface area contributed by atoms with E-state index in [9.17, 15) is 9.59 Å².